The molecule has 0 aliphatic carbocycles. The van der Waals surface area contributed by atoms with Gasteiger partial charge in [0, 0.05) is 31.3 Å². The lowest BCUT2D eigenvalue weighted by Gasteiger charge is -2.24. The molecule has 0 unspecified atom stereocenters. The first-order chi connectivity index (χ1) is 12.3. The summed E-state index contributed by atoms with van der Waals surface area (Å²) in [5.41, 5.74) is 2.35. The Bertz CT molecular complexity index is 720. The number of anilines is 3. The van der Waals surface area contributed by atoms with Crippen LogP contribution in [0.1, 0.15) is 42.9 Å². The summed E-state index contributed by atoms with van der Waals surface area (Å²) in [5.74, 6) is 3.06. The largest absolute Gasteiger partial charge is 0.341 e. The number of nitrogens with zero attached hydrogens (tertiary/aromatic N) is 4. The molecule has 0 aromatic carbocycles. The van der Waals surface area contributed by atoms with Gasteiger partial charge in [-0.1, -0.05) is 0 Å². The zero-order valence-corrected chi connectivity index (χ0v) is 14.8. The summed E-state index contributed by atoms with van der Waals surface area (Å²) in [5, 5.41) is 6.82. The van der Waals surface area contributed by atoms with Gasteiger partial charge in [0.1, 0.15) is 11.6 Å². The van der Waals surface area contributed by atoms with Gasteiger partial charge in [-0.15, -0.1) is 0 Å². The highest BCUT2D eigenvalue weighted by Gasteiger charge is 2.21. The highest BCUT2D eigenvalue weighted by molar-refractivity contribution is 5.55. The molecule has 2 N–H and O–H groups in total. The lowest BCUT2D eigenvalue weighted by molar-refractivity contribution is 0.453. The molecule has 4 heterocycles. The van der Waals surface area contributed by atoms with Crippen LogP contribution < -0.4 is 15.5 Å². The molecule has 2 aliphatic heterocycles. The second-order valence-corrected chi connectivity index (χ2v) is 7.04. The molecule has 2 saturated heterocycles. The molecular weight excluding hydrogens is 312 g/mol. The van der Waals surface area contributed by atoms with Crippen LogP contribution in [-0.4, -0.2) is 41.1 Å². The Morgan fingerprint density at radius 3 is 2.64 bits per heavy atom. The molecule has 0 amide bonds. The standard InChI is InChI=1S/C19H26N6/c1-14-4-9-21-17(12-14)23-18-13-16(15-5-7-20-8-6-15)22-19(24-18)25-10-2-3-11-25/h4,9,12-13,15,20H,2-3,5-8,10-11H2,1H3,(H,21,22,23,24). The van der Waals surface area contributed by atoms with E-state index in [1.807, 2.05) is 18.3 Å². The van der Waals surface area contributed by atoms with E-state index < -0.39 is 0 Å². The lowest BCUT2D eigenvalue weighted by Crippen LogP contribution is -2.28. The average molecular weight is 338 g/mol. The Kier molecular flexibility index (Phi) is 4.78. The number of piperidine rings is 1. The first-order valence-corrected chi connectivity index (χ1v) is 9.32. The predicted molar refractivity (Wildman–Crippen MR) is 101 cm³/mol. The highest BCUT2D eigenvalue weighted by Crippen LogP contribution is 2.28. The van der Waals surface area contributed by atoms with Crippen LogP contribution in [0.2, 0.25) is 0 Å². The van der Waals surface area contributed by atoms with Crippen LogP contribution >= 0.6 is 0 Å². The smallest absolute Gasteiger partial charge is 0.227 e. The first-order valence-electron chi connectivity index (χ1n) is 9.32. The molecule has 4 rings (SSSR count). The number of pyridine rings is 1. The normalized spacial score (nSPS) is 18.5. The van der Waals surface area contributed by atoms with E-state index in [1.54, 1.807) is 0 Å². The van der Waals surface area contributed by atoms with Crippen LogP contribution in [0.3, 0.4) is 0 Å². The number of aryl methyl sites for hydroxylation is 1. The molecule has 0 saturated carbocycles. The molecule has 2 aliphatic rings. The van der Waals surface area contributed by atoms with Crippen molar-refractivity contribution < 1.29 is 0 Å². The van der Waals surface area contributed by atoms with Gasteiger partial charge in [-0.05, 0) is 63.4 Å². The number of rotatable bonds is 4. The van der Waals surface area contributed by atoms with Crippen molar-refractivity contribution in [3.8, 4) is 0 Å². The molecule has 2 aromatic heterocycles. The summed E-state index contributed by atoms with van der Waals surface area (Å²) in [6.45, 7) is 6.31. The van der Waals surface area contributed by atoms with Crippen LogP contribution in [0.4, 0.5) is 17.6 Å². The van der Waals surface area contributed by atoms with E-state index in [4.69, 9.17) is 9.97 Å². The molecule has 2 fully saturated rings. The first kappa shape index (κ1) is 16.3. The van der Waals surface area contributed by atoms with Crippen molar-refractivity contribution >= 4 is 17.6 Å². The van der Waals surface area contributed by atoms with Crippen LogP contribution in [0.15, 0.2) is 24.4 Å². The second-order valence-electron chi connectivity index (χ2n) is 7.04. The number of hydrogen-bond acceptors (Lipinski definition) is 6. The summed E-state index contributed by atoms with van der Waals surface area (Å²) in [7, 11) is 0. The molecule has 132 valence electrons. The second kappa shape index (κ2) is 7.35. The summed E-state index contributed by atoms with van der Waals surface area (Å²) in [6.07, 6.45) is 6.55. The van der Waals surface area contributed by atoms with E-state index in [0.29, 0.717) is 5.92 Å². The monoisotopic (exact) mass is 338 g/mol. The van der Waals surface area contributed by atoms with Crippen molar-refractivity contribution in [3.63, 3.8) is 0 Å². The molecule has 0 spiro atoms. The Balaban J connectivity index is 1.65. The minimum absolute atomic E-state index is 0.511. The molecule has 0 radical (unpaired) electrons. The zero-order valence-electron chi connectivity index (χ0n) is 14.8. The summed E-state index contributed by atoms with van der Waals surface area (Å²) >= 11 is 0. The number of aromatic nitrogens is 3. The average Bonchev–Trinajstić information content (AvgIpc) is 3.17. The van der Waals surface area contributed by atoms with Gasteiger partial charge in [-0.25, -0.2) is 9.97 Å². The van der Waals surface area contributed by atoms with E-state index in [2.05, 4.69) is 33.5 Å². The minimum Gasteiger partial charge on any atom is -0.341 e. The van der Waals surface area contributed by atoms with Crippen LogP contribution in [0.5, 0.6) is 0 Å². The number of nitrogens with one attached hydrogen (secondary N) is 2. The predicted octanol–water partition coefficient (Wildman–Crippen LogP) is 2.99. The van der Waals surface area contributed by atoms with Gasteiger partial charge in [0.15, 0.2) is 0 Å². The van der Waals surface area contributed by atoms with Gasteiger partial charge in [0.25, 0.3) is 0 Å². The van der Waals surface area contributed by atoms with Gasteiger partial charge in [-0.3, -0.25) is 0 Å². The van der Waals surface area contributed by atoms with Crippen LogP contribution in [0, 0.1) is 6.92 Å². The maximum Gasteiger partial charge on any atom is 0.227 e. The Labute approximate surface area is 149 Å². The van der Waals surface area contributed by atoms with E-state index >= 15 is 0 Å². The van der Waals surface area contributed by atoms with Crippen molar-refractivity contribution in [2.24, 2.45) is 0 Å². The third kappa shape index (κ3) is 3.90. The molecular formula is C19H26N6. The summed E-state index contributed by atoms with van der Waals surface area (Å²) in [4.78, 5) is 16.4. The van der Waals surface area contributed by atoms with Crippen LogP contribution in [0.25, 0.3) is 0 Å². The van der Waals surface area contributed by atoms with E-state index in [-0.39, 0.29) is 0 Å². The summed E-state index contributed by atoms with van der Waals surface area (Å²) in [6, 6.07) is 6.16. The zero-order chi connectivity index (χ0) is 17.1. The lowest BCUT2D eigenvalue weighted by atomic mass is 9.94. The SMILES string of the molecule is Cc1ccnc(Nc2cc(C3CCNCC3)nc(N3CCCC3)n2)c1. The van der Waals surface area contributed by atoms with Crippen molar-refractivity contribution in [1.82, 2.24) is 20.3 Å². The van der Waals surface area contributed by atoms with E-state index in [0.717, 1.165) is 62.3 Å². The van der Waals surface area contributed by atoms with Gasteiger partial charge in [0.05, 0.1) is 5.69 Å². The van der Waals surface area contributed by atoms with Crippen LogP contribution in [-0.2, 0) is 0 Å². The Morgan fingerprint density at radius 1 is 1.08 bits per heavy atom. The molecule has 6 nitrogen and oxygen atoms in total. The summed E-state index contributed by atoms with van der Waals surface area (Å²) < 4.78 is 0. The Morgan fingerprint density at radius 2 is 1.88 bits per heavy atom. The third-order valence-electron chi connectivity index (χ3n) is 5.05. The highest BCUT2D eigenvalue weighted by atomic mass is 15.3. The molecule has 2 aromatic rings. The topological polar surface area (TPSA) is 66.0 Å². The molecule has 0 bridgehead atoms. The van der Waals surface area contributed by atoms with Crippen molar-refractivity contribution in [1.29, 1.82) is 0 Å². The Hall–Kier alpha value is -2.21. The van der Waals surface area contributed by atoms with E-state index in [9.17, 15) is 0 Å². The van der Waals surface area contributed by atoms with Crippen molar-refractivity contribution in [3.05, 3.63) is 35.7 Å². The van der Waals surface area contributed by atoms with Crippen molar-refractivity contribution in [2.75, 3.05) is 36.4 Å². The molecule has 0 atom stereocenters. The fourth-order valence-corrected chi connectivity index (χ4v) is 3.64. The van der Waals surface area contributed by atoms with Gasteiger partial charge < -0.3 is 15.5 Å². The van der Waals surface area contributed by atoms with Gasteiger partial charge in [0.2, 0.25) is 5.95 Å². The van der Waals surface area contributed by atoms with E-state index in [1.165, 1.54) is 18.4 Å². The quantitative estimate of drug-likeness (QED) is 0.893. The fourth-order valence-electron chi connectivity index (χ4n) is 3.64. The fraction of sp³-hybridized carbons (Fsp3) is 0.526. The maximum absolute atomic E-state index is 4.92. The molecule has 25 heavy (non-hydrogen) atoms. The molecule has 6 heteroatoms. The maximum atomic E-state index is 4.92. The number of hydrogen-bond donors (Lipinski definition) is 2. The third-order valence-corrected chi connectivity index (χ3v) is 5.05. The minimum atomic E-state index is 0.511. The van der Waals surface area contributed by atoms with Crippen molar-refractivity contribution in [2.45, 2.75) is 38.5 Å². The van der Waals surface area contributed by atoms with Gasteiger partial charge >= 0.3 is 0 Å². The van der Waals surface area contributed by atoms with Gasteiger partial charge in [-0.2, -0.15) is 4.98 Å².